The molecule has 0 radical (unpaired) electrons. The van der Waals surface area contributed by atoms with E-state index < -0.39 is 5.79 Å². The number of unbranched alkanes of at least 4 members (excludes halogenated alkanes) is 1. The number of hydrogen-bond donors (Lipinski definition) is 0. The Morgan fingerprint density at radius 3 is 3.10 bits per heavy atom. The van der Waals surface area contributed by atoms with Crippen LogP contribution in [0.4, 0.5) is 0 Å². The second-order valence-corrected chi connectivity index (χ2v) is 7.50. The molecule has 5 aliphatic heterocycles. The molecule has 8 unspecified atom stereocenters. The van der Waals surface area contributed by atoms with Crippen molar-refractivity contribution in [1.29, 1.82) is 0 Å². The zero-order valence-corrected chi connectivity index (χ0v) is 12.3. The van der Waals surface area contributed by atoms with Crippen LogP contribution in [-0.2, 0) is 14.3 Å². The Bertz CT molecular complexity index is 494. The molecule has 5 aliphatic rings. The summed E-state index contributed by atoms with van der Waals surface area (Å²) in [7, 11) is 0. The van der Waals surface area contributed by atoms with Crippen molar-refractivity contribution in [3.05, 3.63) is 0 Å². The minimum absolute atomic E-state index is 0.00586. The Hall–Kier alpha value is -0.610. The van der Waals surface area contributed by atoms with Crippen molar-refractivity contribution in [3.8, 4) is 0 Å². The highest BCUT2D eigenvalue weighted by Crippen LogP contribution is 2.71. The van der Waals surface area contributed by atoms with Crippen molar-refractivity contribution in [1.82, 2.24) is 4.90 Å². The molecule has 5 bridgehead atoms. The third-order valence-corrected chi connectivity index (χ3v) is 7.00. The van der Waals surface area contributed by atoms with E-state index in [-0.39, 0.29) is 23.3 Å². The maximum atomic E-state index is 12.2. The summed E-state index contributed by atoms with van der Waals surface area (Å²) in [5.41, 5.74) is 0.196. The molecule has 0 N–H and O–H groups in total. The molecule has 4 nitrogen and oxygen atoms in total. The van der Waals surface area contributed by atoms with Crippen LogP contribution in [-0.4, -0.2) is 40.9 Å². The molecule has 20 heavy (non-hydrogen) atoms. The van der Waals surface area contributed by atoms with Crippen molar-refractivity contribution < 1.29 is 14.3 Å². The molecule has 1 spiro atoms. The van der Waals surface area contributed by atoms with Gasteiger partial charge in [-0.25, -0.2) is 0 Å². The minimum atomic E-state index is -0.551. The lowest BCUT2D eigenvalue weighted by Crippen LogP contribution is -2.61. The minimum Gasteiger partial charge on any atom is -0.432 e. The lowest BCUT2D eigenvalue weighted by Gasteiger charge is -2.48. The summed E-state index contributed by atoms with van der Waals surface area (Å²) in [5, 5.41) is 0. The van der Waals surface area contributed by atoms with Crippen LogP contribution in [0.5, 0.6) is 0 Å². The standard InChI is InChI=1S/C16H23NO3/c1-3-4-6-15-11-5-7-17(15)10-8-12(15)19-16(11)13(10)9(2)14(18)20-16/h9-13H,3-8H2,1-2H3. The average Bonchev–Trinajstić information content (AvgIpc) is 3.04. The summed E-state index contributed by atoms with van der Waals surface area (Å²) in [5.74, 6) is 0.123. The van der Waals surface area contributed by atoms with Crippen LogP contribution in [0, 0.1) is 17.8 Å². The molecule has 0 aromatic carbocycles. The molecule has 5 fully saturated rings. The van der Waals surface area contributed by atoms with E-state index in [2.05, 4.69) is 11.8 Å². The summed E-state index contributed by atoms with van der Waals surface area (Å²) >= 11 is 0. The van der Waals surface area contributed by atoms with Gasteiger partial charge in [-0.3, -0.25) is 9.69 Å². The number of carbonyl (C=O) groups excluding carboxylic acids is 1. The van der Waals surface area contributed by atoms with E-state index in [1.165, 1.54) is 25.8 Å². The smallest absolute Gasteiger partial charge is 0.311 e. The van der Waals surface area contributed by atoms with Gasteiger partial charge in [0.15, 0.2) is 0 Å². The highest BCUT2D eigenvalue weighted by Gasteiger charge is 2.84. The highest BCUT2D eigenvalue weighted by atomic mass is 16.7. The van der Waals surface area contributed by atoms with E-state index in [1.807, 2.05) is 6.92 Å². The molecule has 5 rings (SSSR count). The molecule has 5 heterocycles. The molecule has 0 aliphatic carbocycles. The van der Waals surface area contributed by atoms with Gasteiger partial charge in [0.05, 0.1) is 23.5 Å². The molecule has 8 atom stereocenters. The van der Waals surface area contributed by atoms with Crippen LogP contribution in [0.3, 0.4) is 0 Å². The first-order valence-corrected chi connectivity index (χ1v) is 8.32. The first-order chi connectivity index (χ1) is 9.65. The quantitative estimate of drug-likeness (QED) is 0.739. The van der Waals surface area contributed by atoms with Crippen molar-refractivity contribution in [2.75, 3.05) is 6.54 Å². The number of rotatable bonds is 3. The summed E-state index contributed by atoms with van der Waals surface area (Å²) in [4.78, 5) is 14.9. The fraction of sp³-hybridized carbons (Fsp3) is 0.938. The predicted molar refractivity (Wildman–Crippen MR) is 71.8 cm³/mol. The van der Waals surface area contributed by atoms with Crippen LogP contribution in [0.25, 0.3) is 0 Å². The molecule has 0 aromatic rings. The summed E-state index contributed by atoms with van der Waals surface area (Å²) < 4.78 is 12.4. The van der Waals surface area contributed by atoms with E-state index in [4.69, 9.17) is 9.47 Å². The predicted octanol–water partition coefficient (Wildman–Crippen LogP) is 1.93. The first kappa shape index (κ1) is 12.0. The molecule has 5 saturated heterocycles. The Morgan fingerprint density at radius 2 is 2.30 bits per heavy atom. The van der Waals surface area contributed by atoms with Gasteiger partial charge in [-0.1, -0.05) is 26.7 Å². The molecule has 110 valence electrons. The third-order valence-electron chi connectivity index (χ3n) is 7.00. The van der Waals surface area contributed by atoms with E-state index in [1.54, 1.807) is 0 Å². The van der Waals surface area contributed by atoms with E-state index in [9.17, 15) is 4.79 Å². The van der Waals surface area contributed by atoms with Gasteiger partial charge in [-0.05, 0) is 25.8 Å². The van der Waals surface area contributed by atoms with Crippen LogP contribution >= 0.6 is 0 Å². The number of esters is 1. The number of nitrogens with zero attached hydrogens (tertiary/aromatic N) is 1. The van der Waals surface area contributed by atoms with Gasteiger partial charge in [0.2, 0.25) is 5.79 Å². The number of ether oxygens (including phenoxy) is 2. The highest BCUT2D eigenvalue weighted by molar-refractivity contribution is 5.76. The monoisotopic (exact) mass is 277 g/mol. The second-order valence-electron chi connectivity index (χ2n) is 7.50. The van der Waals surface area contributed by atoms with E-state index in [0.29, 0.717) is 18.1 Å². The first-order valence-electron chi connectivity index (χ1n) is 8.32. The molecular formula is C16H23NO3. The van der Waals surface area contributed by atoms with Gasteiger partial charge in [-0.15, -0.1) is 0 Å². The van der Waals surface area contributed by atoms with Gasteiger partial charge in [0.25, 0.3) is 0 Å². The number of carbonyl (C=O) groups is 1. The summed E-state index contributed by atoms with van der Waals surface area (Å²) in [6.07, 6.45) is 6.27. The third kappa shape index (κ3) is 0.970. The van der Waals surface area contributed by atoms with Gasteiger partial charge in [0, 0.05) is 12.0 Å². The van der Waals surface area contributed by atoms with Gasteiger partial charge >= 0.3 is 5.97 Å². The van der Waals surface area contributed by atoms with Crippen LogP contribution < -0.4 is 0 Å². The van der Waals surface area contributed by atoms with Crippen LogP contribution in [0.1, 0.15) is 46.0 Å². The van der Waals surface area contributed by atoms with Gasteiger partial charge in [-0.2, -0.15) is 0 Å². The van der Waals surface area contributed by atoms with E-state index in [0.717, 1.165) is 12.8 Å². The van der Waals surface area contributed by atoms with Crippen molar-refractivity contribution >= 4 is 5.97 Å². The second kappa shape index (κ2) is 3.41. The Morgan fingerprint density at radius 1 is 1.45 bits per heavy atom. The molecule has 0 aromatic heterocycles. The number of fused-ring (bicyclic) bond motifs is 1. The van der Waals surface area contributed by atoms with Crippen LogP contribution in [0.2, 0.25) is 0 Å². The van der Waals surface area contributed by atoms with E-state index >= 15 is 0 Å². The van der Waals surface area contributed by atoms with Crippen molar-refractivity contribution in [2.24, 2.45) is 17.8 Å². The van der Waals surface area contributed by atoms with Gasteiger partial charge in [0.1, 0.15) is 0 Å². The Balaban J connectivity index is 1.64. The lowest BCUT2D eigenvalue weighted by molar-refractivity contribution is -0.258. The maximum absolute atomic E-state index is 12.2. The molecular weight excluding hydrogens is 254 g/mol. The topological polar surface area (TPSA) is 38.8 Å². The SMILES string of the molecule is CCCCC12C3CC4C5C(C)C(=O)OC5(O3)C1CCN42. The van der Waals surface area contributed by atoms with Crippen molar-refractivity contribution in [3.63, 3.8) is 0 Å². The number of piperidine rings is 1. The fourth-order valence-electron chi connectivity index (χ4n) is 6.47. The molecule has 4 heteroatoms. The molecule has 0 amide bonds. The van der Waals surface area contributed by atoms with Crippen molar-refractivity contribution in [2.45, 2.75) is 69.4 Å². The fourth-order valence-corrected chi connectivity index (χ4v) is 6.47. The average molecular weight is 277 g/mol. The summed E-state index contributed by atoms with van der Waals surface area (Å²) in [6.45, 7) is 5.48. The zero-order valence-electron chi connectivity index (χ0n) is 12.3. The maximum Gasteiger partial charge on any atom is 0.311 e. The Labute approximate surface area is 119 Å². The largest absolute Gasteiger partial charge is 0.432 e. The normalized spacial score (nSPS) is 61.2. The van der Waals surface area contributed by atoms with Crippen LogP contribution in [0.15, 0.2) is 0 Å². The zero-order chi connectivity index (χ0) is 13.7. The Kier molecular flexibility index (Phi) is 2.04. The number of hydrogen-bond acceptors (Lipinski definition) is 4. The van der Waals surface area contributed by atoms with Gasteiger partial charge < -0.3 is 9.47 Å². The lowest BCUT2D eigenvalue weighted by atomic mass is 9.70. The molecule has 0 saturated carbocycles. The summed E-state index contributed by atoms with van der Waals surface area (Å²) in [6, 6.07) is 0.519.